The third kappa shape index (κ3) is 6.03. The lowest BCUT2D eigenvalue weighted by Crippen LogP contribution is -2.30. The van der Waals surface area contributed by atoms with Crippen LogP contribution in [-0.4, -0.2) is 53.7 Å². The third-order valence-electron chi connectivity index (χ3n) is 4.19. The maximum Gasteiger partial charge on any atom is 0.273 e. The Balaban J connectivity index is 0.00000288. The molecule has 24 heavy (non-hydrogen) atoms. The average Bonchev–Trinajstić information content (AvgIpc) is 2.96. The SMILES string of the molecule is CCCCOCCCNC(=O)c1nnn(C2CCNCC2)c1C.Cl. The molecule has 0 radical (unpaired) electrons. The van der Waals surface area contributed by atoms with Crippen molar-refractivity contribution in [3.05, 3.63) is 11.4 Å². The lowest BCUT2D eigenvalue weighted by Gasteiger charge is -2.23. The van der Waals surface area contributed by atoms with E-state index < -0.39 is 0 Å². The zero-order valence-corrected chi connectivity index (χ0v) is 15.5. The van der Waals surface area contributed by atoms with Crippen molar-refractivity contribution in [3.8, 4) is 0 Å². The van der Waals surface area contributed by atoms with Crippen LogP contribution in [0.1, 0.15) is 61.3 Å². The van der Waals surface area contributed by atoms with Crippen molar-refractivity contribution in [1.82, 2.24) is 25.6 Å². The number of hydrogen-bond donors (Lipinski definition) is 2. The molecular weight excluding hydrogens is 330 g/mol. The van der Waals surface area contributed by atoms with Gasteiger partial charge in [0.1, 0.15) is 0 Å². The van der Waals surface area contributed by atoms with E-state index >= 15 is 0 Å². The summed E-state index contributed by atoms with van der Waals surface area (Å²) in [6.45, 7) is 8.13. The van der Waals surface area contributed by atoms with Gasteiger partial charge in [-0.3, -0.25) is 4.79 Å². The Morgan fingerprint density at radius 3 is 2.75 bits per heavy atom. The van der Waals surface area contributed by atoms with E-state index in [9.17, 15) is 4.79 Å². The molecule has 1 aliphatic heterocycles. The minimum Gasteiger partial charge on any atom is -0.381 e. The van der Waals surface area contributed by atoms with Crippen molar-refractivity contribution in [2.24, 2.45) is 0 Å². The molecule has 0 saturated carbocycles. The Labute approximate surface area is 150 Å². The normalized spacial score (nSPS) is 15.1. The molecule has 0 aliphatic carbocycles. The van der Waals surface area contributed by atoms with Gasteiger partial charge >= 0.3 is 0 Å². The van der Waals surface area contributed by atoms with Crippen LogP contribution in [0, 0.1) is 6.92 Å². The molecule has 2 heterocycles. The van der Waals surface area contributed by atoms with Gasteiger partial charge in [-0.25, -0.2) is 4.68 Å². The molecule has 1 amide bonds. The molecule has 0 unspecified atom stereocenters. The first-order chi connectivity index (χ1) is 11.2. The van der Waals surface area contributed by atoms with E-state index in [2.05, 4.69) is 27.9 Å². The third-order valence-corrected chi connectivity index (χ3v) is 4.19. The first-order valence-electron chi connectivity index (χ1n) is 8.72. The molecule has 8 heteroatoms. The summed E-state index contributed by atoms with van der Waals surface area (Å²) in [5.41, 5.74) is 1.30. The van der Waals surface area contributed by atoms with E-state index in [0.29, 0.717) is 24.9 Å². The molecule has 0 bridgehead atoms. The van der Waals surface area contributed by atoms with Gasteiger partial charge in [0.15, 0.2) is 5.69 Å². The molecule has 1 fully saturated rings. The number of amides is 1. The first-order valence-corrected chi connectivity index (χ1v) is 8.72. The summed E-state index contributed by atoms with van der Waals surface area (Å²) in [7, 11) is 0. The topological polar surface area (TPSA) is 81.1 Å². The molecule has 0 aromatic carbocycles. The van der Waals surface area contributed by atoms with Crippen molar-refractivity contribution in [2.75, 3.05) is 32.8 Å². The van der Waals surface area contributed by atoms with Gasteiger partial charge in [-0.1, -0.05) is 18.6 Å². The minimum atomic E-state index is -0.142. The van der Waals surface area contributed by atoms with Gasteiger partial charge in [0.2, 0.25) is 0 Å². The van der Waals surface area contributed by atoms with Gasteiger partial charge in [-0.2, -0.15) is 0 Å². The number of aromatic nitrogens is 3. The zero-order valence-electron chi connectivity index (χ0n) is 14.7. The number of halogens is 1. The lowest BCUT2D eigenvalue weighted by atomic mass is 10.1. The van der Waals surface area contributed by atoms with Crippen molar-refractivity contribution in [1.29, 1.82) is 0 Å². The van der Waals surface area contributed by atoms with Crippen molar-refractivity contribution in [3.63, 3.8) is 0 Å². The van der Waals surface area contributed by atoms with Crippen molar-refractivity contribution in [2.45, 2.75) is 52.0 Å². The Morgan fingerprint density at radius 1 is 1.33 bits per heavy atom. The number of piperidine rings is 1. The van der Waals surface area contributed by atoms with Gasteiger partial charge < -0.3 is 15.4 Å². The number of nitrogens with one attached hydrogen (secondary N) is 2. The first kappa shape index (κ1) is 20.9. The van der Waals surface area contributed by atoms with E-state index in [1.165, 1.54) is 0 Å². The fraction of sp³-hybridized carbons (Fsp3) is 0.812. The fourth-order valence-electron chi connectivity index (χ4n) is 2.76. The number of hydrogen-bond acceptors (Lipinski definition) is 5. The maximum atomic E-state index is 12.2. The van der Waals surface area contributed by atoms with Crippen LogP contribution < -0.4 is 10.6 Å². The molecule has 0 spiro atoms. The van der Waals surface area contributed by atoms with E-state index in [4.69, 9.17) is 4.74 Å². The number of ether oxygens (including phenoxy) is 1. The number of rotatable bonds is 9. The summed E-state index contributed by atoms with van der Waals surface area (Å²) in [5, 5.41) is 14.5. The average molecular weight is 360 g/mol. The number of unbranched alkanes of at least 4 members (excludes halogenated alkanes) is 1. The summed E-state index contributed by atoms with van der Waals surface area (Å²) in [4.78, 5) is 12.2. The van der Waals surface area contributed by atoms with Gasteiger partial charge in [-0.15, -0.1) is 17.5 Å². The predicted octanol–water partition coefficient (Wildman–Crippen LogP) is 1.87. The monoisotopic (exact) mass is 359 g/mol. The molecule has 1 aromatic heterocycles. The Bertz CT molecular complexity index is 489. The Hall–Kier alpha value is -1.18. The van der Waals surface area contributed by atoms with Crippen LogP contribution in [0.3, 0.4) is 0 Å². The van der Waals surface area contributed by atoms with Crippen molar-refractivity contribution < 1.29 is 9.53 Å². The number of nitrogens with zero attached hydrogens (tertiary/aromatic N) is 3. The molecule has 1 aliphatic rings. The summed E-state index contributed by atoms with van der Waals surface area (Å²) in [5.74, 6) is -0.142. The van der Waals surface area contributed by atoms with Crippen molar-refractivity contribution >= 4 is 18.3 Å². The molecule has 138 valence electrons. The second-order valence-corrected chi connectivity index (χ2v) is 6.02. The second kappa shape index (κ2) is 11.4. The van der Waals surface area contributed by atoms with Crippen LogP contribution in [0.5, 0.6) is 0 Å². The quantitative estimate of drug-likeness (QED) is 0.658. The van der Waals surface area contributed by atoms with E-state index in [-0.39, 0.29) is 18.3 Å². The highest BCUT2D eigenvalue weighted by Gasteiger charge is 2.22. The van der Waals surface area contributed by atoms with E-state index in [1.54, 1.807) is 0 Å². The summed E-state index contributed by atoms with van der Waals surface area (Å²) < 4.78 is 7.39. The predicted molar refractivity (Wildman–Crippen MR) is 95.8 cm³/mol. The number of carbonyl (C=O) groups is 1. The molecule has 0 atom stereocenters. The molecule has 1 saturated heterocycles. The van der Waals surface area contributed by atoms with Gasteiger partial charge in [0, 0.05) is 19.8 Å². The van der Waals surface area contributed by atoms with Crippen LogP contribution in [0.25, 0.3) is 0 Å². The molecule has 1 aromatic rings. The molecule has 2 rings (SSSR count). The number of carbonyl (C=O) groups excluding carboxylic acids is 1. The maximum absolute atomic E-state index is 12.2. The summed E-state index contributed by atoms with van der Waals surface area (Å²) in [6, 6.07) is 0.345. The summed E-state index contributed by atoms with van der Waals surface area (Å²) in [6.07, 6.45) is 5.10. The van der Waals surface area contributed by atoms with E-state index in [1.807, 2.05) is 11.6 Å². The Kier molecular flexibility index (Phi) is 9.90. The highest BCUT2D eigenvalue weighted by Crippen LogP contribution is 2.20. The minimum absolute atomic E-state index is 0. The van der Waals surface area contributed by atoms with Crippen LogP contribution in [0.4, 0.5) is 0 Å². The van der Waals surface area contributed by atoms with Gasteiger partial charge in [-0.05, 0) is 45.7 Å². The lowest BCUT2D eigenvalue weighted by molar-refractivity contribution is 0.0935. The summed E-state index contributed by atoms with van der Waals surface area (Å²) >= 11 is 0. The Morgan fingerprint density at radius 2 is 2.04 bits per heavy atom. The van der Waals surface area contributed by atoms with E-state index in [0.717, 1.165) is 57.5 Å². The fourth-order valence-corrected chi connectivity index (χ4v) is 2.76. The highest BCUT2D eigenvalue weighted by molar-refractivity contribution is 5.93. The molecule has 2 N–H and O–H groups in total. The molecular formula is C16H30ClN5O2. The van der Waals surface area contributed by atoms with Crippen LogP contribution >= 0.6 is 12.4 Å². The van der Waals surface area contributed by atoms with Crippen LogP contribution in [-0.2, 0) is 4.74 Å². The smallest absolute Gasteiger partial charge is 0.273 e. The molecule has 7 nitrogen and oxygen atoms in total. The highest BCUT2D eigenvalue weighted by atomic mass is 35.5. The second-order valence-electron chi connectivity index (χ2n) is 6.02. The van der Waals surface area contributed by atoms with Gasteiger partial charge in [0.05, 0.1) is 11.7 Å². The van der Waals surface area contributed by atoms with Crippen LogP contribution in [0.15, 0.2) is 0 Å². The standard InChI is InChI=1S/C16H29N5O2.ClH/c1-3-4-11-23-12-5-8-18-16(22)15-13(2)21(20-19-15)14-6-9-17-10-7-14;/h14,17H,3-12H2,1-2H3,(H,18,22);1H. The van der Waals surface area contributed by atoms with Gasteiger partial charge in [0.25, 0.3) is 5.91 Å². The van der Waals surface area contributed by atoms with Crippen LogP contribution in [0.2, 0.25) is 0 Å². The zero-order chi connectivity index (χ0) is 16.5. The largest absolute Gasteiger partial charge is 0.381 e.